The lowest BCUT2D eigenvalue weighted by Gasteiger charge is -2.06. The van der Waals surface area contributed by atoms with E-state index in [0.29, 0.717) is 5.75 Å². The minimum Gasteiger partial charge on any atom is -0.506 e. The predicted octanol–water partition coefficient (Wildman–Crippen LogP) is 3.07. The molecule has 1 aromatic heterocycles. The summed E-state index contributed by atoms with van der Waals surface area (Å²) in [4.78, 5) is 1.26. The second-order valence-electron chi connectivity index (χ2n) is 2.95. The van der Waals surface area contributed by atoms with Crippen molar-refractivity contribution in [3.63, 3.8) is 0 Å². The van der Waals surface area contributed by atoms with Gasteiger partial charge >= 0.3 is 0 Å². The summed E-state index contributed by atoms with van der Waals surface area (Å²) in [5.41, 5.74) is 0.779. The van der Waals surface area contributed by atoms with E-state index in [9.17, 15) is 5.11 Å². The van der Waals surface area contributed by atoms with Crippen LogP contribution in [0.3, 0.4) is 0 Å². The Labute approximate surface area is 86.8 Å². The van der Waals surface area contributed by atoms with Gasteiger partial charge in [0.2, 0.25) is 0 Å². The Hall–Kier alpha value is -1.48. The van der Waals surface area contributed by atoms with Crippen molar-refractivity contribution < 1.29 is 5.11 Å². The Kier molecular flexibility index (Phi) is 2.70. The molecule has 0 bridgehead atoms. The smallest absolute Gasteiger partial charge is 0.138 e. The maximum atomic E-state index is 9.48. The first-order chi connectivity index (χ1) is 6.86. The van der Waals surface area contributed by atoms with E-state index in [1.807, 2.05) is 29.6 Å². The monoisotopic (exact) mass is 205 g/mol. The molecule has 72 valence electrons. The van der Waals surface area contributed by atoms with Gasteiger partial charge in [-0.25, -0.2) is 0 Å². The number of thiophene rings is 1. The fourth-order valence-corrected chi connectivity index (χ4v) is 1.86. The van der Waals surface area contributed by atoms with E-state index in [-0.39, 0.29) is 0 Å². The number of hydrogen-bond acceptors (Lipinski definition) is 3. The zero-order valence-corrected chi connectivity index (χ0v) is 8.42. The summed E-state index contributed by atoms with van der Waals surface area (Å²) >= 11 is 1.70. The molecule has 2 N–H and O–H groups in total. The van der Waals surface area contributed by atoms with E-state index in [4.69, 9.17) is 0 Å². The Morgan fingerprint density at radius 1 is 1.14 bits per heavy atom. The van der Waals surface area contributed by atoms with Gasteiger partial charge in [0.1, 0.15) is 5.75 Å². The van der Waals surface area contributed by atoms with E-state index in [0.717, 1.165) is 12.2 Å². The molecule has 1 aromatic carbocycles. The summed E-state index contributed by atoms with van der Waals surface area (Å²) in [5.74, 6) is 0.295. The highest BCUT2D eigenvalue weighted by atomic mass is 32.1. The van der Waals surface area contributed by atoms with Gasteiger partial charge in [0.25, 0.3) is 0 Å². The van der Waals surface area contributed by atoms with Crippen LogP contribution in [0.4, 0.5) is 5.69 Å². The molecule has 1 heterocycles. The quantitative estimate of drug-likeness (QED) is 0.755. The third kappa shape index (κ3) is 2.06. The van der Waals surface area contributed by atoms with E-state index in [1.165, 1.54) is 4.88 Å². The van der Waals surface area contributed by atoms with Gasteiger partial charge in [0.05, 0.1) is 5.69 Å². The maximum Gasteiger partial charge on any atom is 0.138 e. The fourth-order valence-electron chi connectivity index (χ4n) is 1.22. The molecule has 14 heavy (non-hydrogen) atoms. The number of hydrogen-bond donors (Lipinski definition) is 2. The van der Waals surface area contributed by atoms with Crippen molar-refractivity contribution in [3.05, 3.63) is 46.7 Å². The average molecular weight is 205 g/mol. The van der Waals surface area contributed by atoms with Gasteiger partial charge in [-0.2, -0.15) is 0 Å². The summed E-state index contributed by atoms with van der Waals surface area (Å²) in [7, 11) is 0. The van der Waals surface area contributed by atoms with Crippen LogP contribution in [0.5, 0.6) is 5.75 Å². The highest BCUT2D eigenvalue weighted by Crippen LogP contribution is 2.22. The van der Waals surface area contributed by atoms with Crippen molar-refractivity contribution in [2.24, 2.45) is 0 Å². The van der Waals surface area contributed by atoms with Crippen molar-refractivity contribution in [1.29, 1.82) is 0 Å². The van der Waals surface area contributed by atoms with Crippen LogP contribution in [0.15, 0.2) is 41.8 Å². The zero-order valence-electron chi connectivity index (χ0n) is 7.60. The number of aromatic hydroxyl groups is 1. The van der Waals surface area contributed by atoms with Gasteiger partial charge in [0, 0.05) is 11.4 Å². The predicted molar refractivity (Wildman–Crippen MR) is 59.8 cm³/mol. The average Bonchev–Trinajstić information content (AvgIpc) is 2.69. The molecule has 0 spiro atoms. The Morgan fingerprint density at radius 2 is 2.00 bits per heavy atom. The van der Waals surface area contributed by atoms with E-state index in [2.05, 4.69) is 11.4 Å². The molecule has 2 nitrogen and oxygen atoms in total. The SMILES string of the molecule is Oc1ccccc1NCc1cccs1. The molecule has 2 aromatic rings. The molecule has 0 aliphatic carbocycles. The lowest BCUT2D eigenvalue weighted by molar-refractivity contribution is 0.477. The van der Waals surface area contributed by atoms with Crippen LogP contribution < -0.4 is 5.32 Å². The number of phenolic OH excluding ortho intramolecular Hbond substituents is 1. The van der Waals surface area contributed by atoms with Crippen molar-refractivity contribution in [2.45, 2.75) is 6.54 Å². The largest absolute Gasteiger partial charge is 0.506 e. The van der Waals surface area contributed by atoms with Gasteiger partial charge in [0.15, 0.2) is 0 Å². The summed E-state index contributed by atoms with van der Waals surface area (Å²) in [6.45, 7) is 0.759. The fraction of sp³-hybridized carbons (Fsp3) is 0.0909. The first-order valence-electron chi connectivity index (χ1n) is 4.40. The van der Waals surface area contributed by atoms with Gasteiger partial charge in [-0.3, -0.25) is 0 Å². The third-order valence-electron chi connectivity index (χ3n) is 1.94. The molecule has 0 amide bonds. The van der Waals surface area contributed by atoms with Crippen molar-refractivity contribution in [3.8, 4) is 5.75 Å². The molecular weight excluding hydrogens is 194 g/mol. The van der Waals surface area contributed by atoms with Crippen molar-refractivity contribution >= 4 is 17.0 Å². The van der Waals surface area contributed by atoms with Crippen LogP contribution in [0.1, 0.15) is 4.88 Å². The minimum atomic E-state index is 0.295. The molecule has 2 rings (SSSR count). The second kappa shape index (κ2) is 4.15. The molecule has 0 aliphatic heterocycles. The Morgan fingerprint density at radius 3 is 2.71 bits per heavy atom. The van der Waals surface area contributed by atoms with Gasteiger partial charge in [-0.05, 0) is 23.6 Å². The summed E-state index contributed by atoms with van der Waals surface area (Å²) in [6, 6.07) is 11.3. The van der Waals surface area contributed by atoms with Gasteiger partial charge < -0.3 is 10.4 Å². The highest BCUT2D eigenvalue weighted by molar-refractivity contribution is 7.09. The summed E-state index contributed by atoms with van der Waals surface area (Å²) in [6.07, 6.45) is 0. The number of nitrogens with one attached hydrogen (secondary N) is 1. The molecule has 0 radical (unpaired) electrons. The molecule has 0 unspecified atom stereocenters. The Balaban J connectivity index is 2.02. The zero-order chi connectivity index (χ0) is 9.80. The van der Waals surface area contributed by atoms with Gasteiger partial charge in [-0.15, -0.1) is 11.3 Å². The van der Waals surface area contributed by atoms with Crippen LogP contribution in [0, 0.1) is 0 Å². The number of rotatable bonds is 3. The van der Waals surface area contributed by atoms with Crippen LogP contribution in [-0.2, 0) is 6.54 Å². The molecular formula is C11H11NOS. The first-order valence-corrected chi connectivity index (χ1v) is 5.28. The van der Waals surface area contributed by atoms with Crippen LogP contribution >= 0.6 is 11.3 Å². The van der Waals surface area contributed by atoms with E-state index >= 15 is 0 Å². The molecule has 0 saturated carbocycles. The lowest BCUT2D eigenvalue weighted by atomic mass is 10.3. The van der Waals surface area contributed by atoms with Crippen molar-refractivity contribution in [2.75, 3.05) is 5.32 Å². The van der Waals surface area contributed by atoms with Crippen LogP contribution in [0.2, 0.25) is 0 Å². The first kappa shape index (κ1) is 9.09. The maximum absolute atomic E-state index is 9.48. The Bertz CT molecular complexity index is 397. The number of phenols is 1. The summed E-state index contributed by atoms with van der Waals surface area (Å²) < 4.78 is 0. The molecule has 0 saturated heterocycles. The topological polar surface area (TPSA) is 32.3 Å². The van der Waals surface area contributed by atoms with Crippen LogP contribution in [-0.4, -0.2) is 5.11 Å². The van der Waals surface area contributed by atoms with E-state index in [1.54, 1.807) is 17.4 Å². The lowest BCUT2D eigenvalue weighted by Crippen LogP contribution is -1.96. The molecule has 0 aliphatic rings. The molecule has 3 heteroatoms. The van der Waals surface area contributed by atoms with Gasteiger partial charge in [-0.1, -0.05) is 18.2 Å². The molecule has 0 atom stereocenters. The normalized spacial score (nSPS) is 10.0. The molecule has 0 fully saturated rings. The second-order valence-corrected chi connectivity index (χ2v) is 3.98. The number of benzene rings is 1. The highest BCUT2D eigenvalue weighted by Gasteiger charge is 1.98. The van der Waals surface area contributed by atoms with E-state index < -0.39 is 0 Å². The van der Waals surface area contributed by atoms with Crippen LogP contribution in [0.25, 0.3) is 0 Å². The number of para-hydroxylation sites is 2. The summed E-state index contributed by atoms with van der Waals surface area (Å²) in [5, 5.41) is 14.7. The van der Waals surface area contributed by atoms with Crippen molar-refractivity contribution in [1.82, 2.24) is 0 Å². The minimum absolute atomic E-state index is 0.295. The third-order valence-corrected chi connectivity index (χ3v) is 2.81. The standard InChI is InChI=1S/C11H11NOS/c13-11-6-2-1-5-10(11)12-8-9-4-3-7-14-9/h1-7,12-13H,8H2. The number of anilines is 1.